The van der Waals surface area contributed by atoms with E-state index in [4.69, 9.17) is 4.99 Å². The number of sulfonamides is 1. The summed E-state index contributed by atoms with van der Waals surface area (Å²) in [4.78, 5) is 32.0. The van der Waals surface area contributed by atoms with Gasteiger partial charge in [0.15, 0.2) is 0 Å². The molecule has 1 unspecified atom stereocenters. The molecule has 4 aromatic rings. The van der Waals surface area contributed by atoms with Crippen LogP contribution in [0.25, 0.3) is 0 Å². The Bertz CT molecular complexity index is 1670. The summed E-state index contributed by atoms with van der Waals surface area (Å²) in [6.45, 7) is -0.360. The molecule has 1 N–H and O–H groups in total. The first kappa shape index (κ1) is 26.8. The van der Waals surface area contributed by atoms with Gasteiger partial charge in [-0.15, -0.1) is 0 Å². The molecule has 0 saturated heterocycles. The molecular weight excluding hydrogens is 524 g/mol. The second kappa shape index (κ2) is 11.2. The topological polar surface area (TPSA) is 99.2 Å². The number of nitrogens with one attached hydrogen (secondary N) is 1. The molecule has 1 aliphatic heterocycles. The molecule has 40 heavy (non-hydrogen) atoms. The van der Waals surface area contributed by atoms with E-state index in [0.717, 1.165) is 21.1 Å². The fourth-order valence-electron chi connectivity index (χ4n) is 4.52. The van der Waals surface area contributed by atoms with Gasteiger partial charge in [-0.05, 0) is 53.6 Å². The molecule has 0 fully saturated rings. The third-order valence-corrected chi connectivity index (χ3v) is 8.42. The molecule has 1 aliphatic rings. The number of likely N-dealkylation sites (N-methyl/N-ethyl adjacent to an activating group) is 1. The second-order valence-corrected chi connectivity index (χ2v) is 11.4. The number of hydrogen-bond donors (Lipinski definition) is 1. The van der Waals surface area contributed by atoms with Crippen LogP contribution in [0.1, 0.15) is 17.0 Å². The number of nitrogens with zero attached hydrogens (tertiary/aromatic N) is 3. The summed E-state index contributed by atoms with van der Waals surface area (Å²) >= 11 is 0. The highest BCUT2D eigenvalue weighted by Crippen LogP contribution is 2.36. The van der Waals surface area contributed by atoms with E-state index in [-0.39, 0.29) is 23.3 Å². The lowest BCUT2D eigenvalue weighted by molar-refractivity contribution is -0.127. The van der Waals surface area contributed by atoms with Crippen LogP contribution in [0, 0.1) is 0 Å². The Hall–Kier alpha value is -4.76. The summed E-state index contributed by atoms with van der Waals surface area (Å²) in [7, 11) is -0.860. The van der Waals surface area contributed by atoms with Crippen molar-refractivity contribution in [2.45, 2.75) is 10.8 Å². The van der Waals surface area contributed by atoms with Gasteiger partial charge < -0.3 is 10.2 Å². The van der Waals surface area contributed by atoms with Crippen LogP contribution in [-0.4, -0.2) is 51.5 Å². The zero-order chi connectivity index (χ0) is 28.3. The van der Waals surface area contributed by atoms with Crippen LogP contribution >= 0.6 is 0 Å². The van der Waals surface area contributed by atoms with E-state index in [0.29, 0.717) is 17.1 Å². The van der Waals surface area contributed by atoms with Crippen LogP contribution < -0.4 is 9.62 Å². The van der Waals surface area contributed by atoms with Gasteiger partial charge in [0.25, 0.3) is 10.0 Å². The molecule has 5 rings (SSSR count). The van der Waals surface area contributed by atoms with Crippen molar-refractivity contribution >= 4 is 44.6 Å². The molecule has 9 heteroatoms. The third-order valence-electron chi connectivity index (χ3n) is 6.63. The number of aliphatic imine (C=N–C) groups is 1. The summed E-state index contributed by atoms with van der Waals surface area (Å²) in [6.07, 6.45) is 0. The highest BCUT2D eigenvalue weighted by atomic mass is 32.2. The van der Waals surface area contributed by atoms with Crippen LogP contribution in [0.2, 0.25) is 0 Å². The molecule has 202 valence electrons. The van der Waals surface area contributed by atoms with Gasteiger partial charge in [0, 0.05) is 19.8 Å². The normalized spacial score (nSPS) is 14.8. The number of benzene rings is 4. The molecular formula is C31H28N4O4S. The third kappa shape index (κ3) is 5.37. The summed E-state index contributed by atoms with van der Waals surface area (Å²) in [5.74, 6) is -1.13. The lowest BCUT2D eigenvalue weighted by atomic mass is 9.90. The van der Waals surface area contributed by atoms with E-state index in [1.165, 1.54) is 17.0 Å². The highest BCUT2D eigenvalue weighted by Gasteiger charge is 2.35. The zero-order valence-electron chi connectivity index (χ0n) is 22.1. The van der Waals surface area contributed by atoms with Crippen molar-refractivity contribution in [1.29, 1.82) is 0 Å². The first-order valence-electron chi connectivity index (χ1n) is 12.7. The van der Waals surface area contributed by atoms with Crippen molar-refractivity contribution in [1.82, 2.24) is 4.90 Å². The fourth-order valence-corrected chi connectivity index (χ4v) is 5.95. The molecule has 0 aliphatic carbocycles. The van der Waals surface area contributed by atoms with E-state index in [1.807, 2.05) is 54.6 Å². The smallest absolute Gasteiger partial charge is 0.264 e. The van der Waals surface area contributed by atoms with Gasteiger partial charge in [0.2, 0.25) is 11.8 Å². The Balaban J connectivity index is 1.55. The minimum Gasteiger partial charge on any atom is -0.347 e. The molecule has 1 heterocycles. The standard InChI is InChI=1S/C31H28N4O4S/c1-34(2)28(36)21-35(40(38,39)25-13-7-4-8-14-25)24-19-17-23(18-20-24)32-30(22-11-5-3-6-12-22)29-26-15-9-10-16-27(26)33-31(29)37/h3-20,29H,21H2,1-2H3,(H,33,37). The maximum Gasteiger partial charge on any atom is 0.264 e. The predicted octanol–water partition coefficient (Wildman–Crippen LogP) is 4.83. The minimum absolute atomic E-state index is 0.0842. The van der Waals surface area contributed by atoms with Crippen molar-refractivity contribution < 1.29 is 18.0 Å². The van der Waals surface area contributed by atoms with Crippen molar-refractivity contribution in [3.8, 4) is 0 Å². The number of fused-ring (bicyclic) bond motifs is 1. The largest absolute Gasteiger partial charge is 0.347 e. The average molecular weight is 553 g/mol. The van der Waals surface area contributed by atoms with Gasteiger partial charge in [-0.25, -0.2) is 8.42 Å². The van der Waals surface area contributed by atoms with Gasteiger partial charge in [0.1, 0.15) is 12.5 Å². The first-order valence-corrected chi connectivity index (χ1v) is 14.1. The summed E-state index contributed by atoms with van der Waals surface area (Å²) < 4.78 is 28.2. The highest BCUT2D eigenvalue weighted by molar-refractivity contribution is 7.92. The Morgan fingerprint density at radius 1 is 0.825 bits per heavy atom. The van der Waals surface area contributed by atoms with E-state index in [9.17, 15) is 18.0 Å². The van der Waals surface area contributed by atoms with Crippen molar-refractivity contribution in [3.63, 3.8) is 0 Å². The quantitative estimate of drug-likeness (QED) is 0.317. The molecule has 8 nitrogen and oxygen atoms in total. The van der Waals surface area contributed by atoms with Crippen molar-refractivity contribution in [2.24, 2.45) is 4.99 Å². The van der Waals surface area contributed by atoms with Crippen LogP contribution in [0.4, 0.5) is 17.1 Å². The van der Waals surface area contributed by atoms with Crippen LogP contribution in [0.3, 0.4) is 0 Å². The molecule has 0 aromatic heterocycles. The summed E-state index contributed by atoms with van der Waals surface area (Å²) in [5, 5.41) is 2.94. The van der Waals surface area contributed by atoms with Crippen LogP contribution in [-0.2, 0) is 19.6 Å². The first-order chi connectivity index (χ1) is 19.3. The number of carbonyl (C=O) groups is 2. The molecule has 1 atom stereocenters. The Morgan fingerprint density at radius 3 is 2.08 bits per heavy atom. The number of para-hydroxylation sites is 1. The molecule has 2 amide bonds. The number of hydrogen-bond acceptors (Lipinski definition) is 5. The number of rotatable bonds is 8. The lowest BCUT2D eigenvalue weighted by Gasteiger charge is -2.25. The number of anilines is 2. The predicted molar refractivity (Wildman–Crippen MR) is 157 cm³/mol. The zero-order valence-corrected chi connectivity index (χ0v) is 22.9. The van der Waals surface area contributed by atoms with Gasteiger partial charge in [0.05, 0.1) is 22.0 Å². The molecule has 0 spiro atoms. The van der Waals surface area contributed by atoms with Gasteiger partial charge in [-0.3, -0.25) is 18.9 Å². The molecule has 0 radical (unpaired) electrons. The van der Waals surface area contributed by atoms with Gasteiger partial charge in [-0.1, -0.05) is 66.7 Å². The van der Waals surface area contributed by atoms with Crippen molar-refractivity contribution in [2.75, 3.05) is 30.3 Å². The second-order valence-electron chi connectivity index (χ2n) is 9.50. The molecule has 0 bridgehead atoms. The molecule has 4 aromatic carbocycles. The fraction of sp³-hybridized carbons (Fsp3) is 0.129. The maximum absolute atomic E-state index is 13.5. The Morgan fingerprint density at radius 2 is 1.43 bits per heavy atom. The number of carbonyl (C=O) groups excluding carboxylic acids is 2. The maximum atomic E-state index is 13.5. The SMILES string of the molecule is CN(C)C(=O)CN(c1ccc(N=C(c2ccccc2)C2C(=O)Nc3ccccc32)cc1)S(=O)(=O)c1ccccc1. The average Bonchev–Trinajstić information content (AvgIpc) is 3.31. The summed E-state index contributed by atoms with van der Waals surface area (Å²) in [6, 6.07) is 31.6. The minimum atomic E-state index is -4.02. The monoisotopic (exact) mass is 552 g/mol. The van der Waals surface area contributed by atoms with Crippen LogP contribution in [0.15, 0.2) is 119 Å². The Kier molecular flexibility index (Phi) is 7.48. The van der Waals surface area contributed by atoms with Crippen LogP contribution in [0.5, 0.6) is 0 Å². The van der Waals surface area contributed by atoms with Gasteiger partial charge >= 0.3 is 0 Å². The summed E-state index contributed by atoms with van der Waals surface area (Å²) in [5.41, 5.74) is 3.83. The number of amides is 2. The van der Waals surface area contributed by atoms with E-state index < -0.39 is 15.9 Å². The lowest BCUT2D eigenvalue weighted by Crippen LogP contribution is -2.40. The van der Waals surface area contributed by atoms with E-state index >= 15 is 0 Å². The van der Waals surface area contributed by atoms with E-state index in [1.54, 1.807) is 56.6 Å². The van der Waals surface area contributed by atoms with E-state index in [2.05, 4.69) is 5.32 Å². The molecule has 0 saturated carbocycles. The van der Waals surface area contributed by atoms with Gasteiger partial charge in [-0.2, -0.15) is 0 Å². The van der Waals surface area contributed by atoms with Crippen molar-refractivity contribution in [3.05, 3.63) is 120 Å². The Labute approximate surface area is 233 Å².